The van der Waals surface area contributed by atoms with Gasteiger partial charge in [-0.1, -0.05) is 41.7 Å². The van der Waals surface area contributed by atoms with E-state index in [1.165, 1.54) is 34.9 Å². The van der Waals surface area contributed by atoms with Crippen LogP contribution in [-0.2, 0) is 6.42 Å². The second kappa shape index (κ2) is 6.33. The molecule has 0 unspecified atom stereocenters. The molecule has 0 aliphatic carbocycles. The number of nitrogens with zero attached hydrogens (tertiary/aromatic N) is 3. The van der Waals surface area contributed by atoms with Gasteiger partial charge in [-0.2, -0.15) is 0 Å². The van der Waals surface area contributed by atoms with Crippen molar-refractivity contribution in [2.75, 3.05) is 0 Å². The third kappa shape index (κ3) is 3.66. The van der Waals surface area contributed by atoms with Gasteiger partial charge in [-0.15, -0.1) is 21.5 Å². The van der Waals surface area contributed by atoms with Crippen LogP contribution in [0.3, 0.4) is 0 Å². The summed E-state index contributed by atoms with van der Waals surface area (Å²) in [5, 5.41) is 18.1. The molecule has 0 aliphatic rings. The number of thiazole rings is 1. The monoisotopic (exact) mass is 335 g/mol. The number of carboxylic acid groups (broad SMARTS) is 1. The number of hydrogen-bond donors (Lipinski definition) is 1. The lowest BCUT2D eigenvalue weighted by atomic mass is 10.2. The summed E-state index contributed by atoms with van der Waals surface area (Å²) < 4.78 is 1.43. The van der Waals surface area contributed by atoms with Gasteiger partial charge in [-0.3, -0.25) is 0 Å². The van der Waals surface area contributed by atoms with E-state index >= 15 is 0 Å². The summed E-state index contributed by atoms with van der Waals surface area (Å²) in [7, 11) is 0. The van der Waals surface area contributed by atoms with Crippen molar-refractivity contribution in [2.24, 2.45) is 0 Å². The number of carbonyl (C=O) groups is 1. The number of hydrogen-bond acceptors (Lipinski definition) is 7. The minimum atomic E-state index is -0.957. The van der Waals surface area contributed by atoms with Crippen molar-refractivity contribution in [1.82, 2.24) is 15.2 Å². The zero-order valence-electron chi connectivity index (χ0n) is 10.6. The first-order valence-electron chi connectivity index (χ1n) is 5.94. The van der Waals surface area contributed by atoms with Crippen LogP contribution in [-0.4, -0.2) is 26.3 Å². The van der Waals surface area contributed by atoms with E-state index in [9.17, 15) is 4.79 Å². The molecule has 3 rings (SSSR count). The Balaban J connectivity index is 1.68. The quantitative estimate of drug-likeness (QED) is 0.770. The first-order chi connectivity index (χ1) is 10.2. The van der Waals surface area contributed by atoms with Crippen LogP contribution in [0.25, 0.3) is 0 Å². The molecule has 0 saturated heterocycles. The van der Waals surface area contributed by atoms with Gasteiger partial charge < -0.3 is 5.11 Å². The molecule has 0 fully saturated rings. The molecule has 21 heavy (non-hydrogen) atoms. The summed E-state index contributed by atoms with van der Waals surface area (Å²) in [6, 6.07) is 10.1. The number of benzene rings is 1. The molecule has 0 atom stereocenters. The largest absolute Gasteiger partial charge is 0.477 e. The molecule has 0 aliphatic heterocycles. The van der Waals surface area contributed by atoms with Gasteiger partial charge in [0.2, 0.25) is 0 Å². The Labute approximate surface area is 132 Å². The van der Waals surface area contributed by atoms with Crippen molar-refractivity contribution in [1.29, 1.82) is 0 Å². The fourth-order valence-electron chi connectivity index (χ4n) is 1.60. The number of carboxylic acids is 1. The van der Waals surface area contributed by atoms with E-state index in [1.54, 1.807) is 0 Å². The van der Waals surface area contributed by atoms with E-state index in [0.717, 1.165) is 27.1 Å². The van der Waals surface area contributed by atoms with Gasteiger partial charge in [-0.05, 0) is 17.3 Å². The lowest BCUT2D eigenvalue weighted by Gasteiger charge is -1.94. The fourth-order valence-corrected chi connectivity index (χ4v) is 4.55. The lowest BCUT2D eigenvalue weighted by Crippen LogP contribution is -1.89. The van der Waals surface area contributed by atoms with Crippen molar-refractivity contribution in [3.8, 4) is 0 Å². The van der Waals surface area contributed by atoms with Crippen LogP contribution in [0.5, 0.6) is 0 Å². The Kier molecular flexibility index (Phi) is 4.28. The first-order valence-corrected chi connectivity index (χ1v) is 8.39. The van der Waals surface area contributed by atoms with Crippen LogP contribution >= 0.6 is 34.4 Å². The molecule has 1 N–H and O–H groups in total. The number of rotatable bonds is 5. The first kappa shape index (κ1) is 14.2. The maximum Gasteiger partial charge on any atom is 0.347 e. The number of aromatic nitrogens is 3. The summed E-state index contributed by atoms with van der Waals surface area (Å²) in [5.74, 6) is -0.957. The zero-order chi connectivity index (χ0) is 14.7. The highest BCUT2D eigenvalue weighted by atomic mass is 32.2. The second-order valence-corrected chi connectivity index (χ2v) is 7.61. The standard InChI is InChI=1S/C13H9N3O2S3/c17-11(18)9-7-14-12(19-9)21-13-16-15-10(20-13)6-8-4-2-1-3-5-8/h1-5,7H,6H2,(H,17,18). The molecular formula is C13H9N3O2S3. The Morgan fingerprint density at radius 1 is 1.14 bits per heavy atom. The van der Waals surface area contributed by atoms with Crippen LogP contribution in [0.1, 0.15) is 20.2 Å². The normalized spacial score (nSPS) is 10.7. The minimum absolute atomic E-state index is 0.228. The van der Waals surface area contributed by atoms with E-state index in [0.29, 0.717) is 4.34 Å². The molecule has 0 amide bonds. The maximum absolute atomic E-state index is 10.8. The second-order valence-electron chi connectivity index (χ2n) is 4.02. The Bertz CT molecular complexity index is 755. The van der Waals surface area contributed by atoms with Crippen LogP contribution in [0.2, 0.25) is 0 Å². The molecule has 5 nitrogen and oxygen atoms in total. The lowest BCUT2D eigenvalue weighted by molar-refractivity contribution is 0.0702. The summed E-state index contributed by atoms with van der Waals surface area (Å²) in [4.78, 5) is 15.1. The average molecular weight is 335 g/mol. The molecule has 1 aromatic carbocycles. The zero-order valence-corrected chi connectivity index (χ0v) is 13.0. The molecule has 8 heteroatoms. The van der Waals surface area contributed by atoms with Crippen LogP contribution in [0.15, 0.2) is 45.2 Å². The van der Waals surface area contributed by atoms with Gasteiger partial charge >= 0.3 is 5.97 Å². The van der Waals surface area contributed by atoms with Crippen LogP contribution in [0.4, 0.5) is 0 Å². The van der Waals surface area contributed by atoms with Crippen LogP contribution in [0, 0.1) is 0 Å². The van der Waals surface area contributed by atoms with Crippen LogP contribution < -0.4 is 0 Å². The van der Waals surface area contributed by atoms with E-state index in [4.69, 9.17) is 5.11 Å². The number of aromatic carboxylic acids is 1. The molecule has 2 heterocycles. The summed E-state index contributed by atoms with van der Waals surface area (Å²) >= 11 is 3.99. The smallest absolute Gasteiger partial charge is 0.347 e. The minimum Gasteiger partial charge on any atom is -0.477 e. The van der Waals surface area contributed by atoms with Gasteiger partial charge in [0.05, 0.1) is 6.20 Å². The topological polar surface area (TPSA) is 76.0 Å². The highest BCUT2D eigenvalue weighted by Crippen LogP contribution is 2.33. The molecule has 2 aromatic heterocycles. The summed E-state index contributed by atoms with van der Waals surface area (Å²) in [6.07, 6.45) is 2.11. The van der Waals surface area contributed by atoms with Crippen molar-refractivity contribution in [3.63, 3.8) is 0 Å². The van der Waals surface area contributed by atoms with Gasteiger partial charge in [0.25, 0.3) is 0 Å². The van der Waals surface area contributed by atoms with Gasteiger partial charge in [0.1, 0.15) is 9.88 Å². The third-order valence-corrected chi connectivity index (χ3v) is 5.55. The summed E-state index contributed by atoms with van der Waals surface area (Å²) in [5.41, 5.74) is 1.19. The Morgan fingerprint density at radius 3 is 2.67 bits per heavy atom. The van der Waals surface area contributed by atoms with Gasteiger partial charge in [0.15, 0.2) is 8.68 Å². The highest BCUT2D eigenvalue weighted by molar-refractivity contribution is 8.02. The van der Waals surface area contributed by atoms with E-state index < -0.39 is 5.97 Å². The maximum atomic E-state index is 10.8. The van der Waals surface area contributed by atoms with E-state index in [1.807, 2.05) is 30.3 Å². The molecule has 0 bridgehead atoms. The van der Waals surface area contributed by atoms with E-state index in [-0.39, 0.29) is 4.88 Å². The molecule has 3 aromatic rings. The average Bonchev–Trinajstić information content (AvgIpc) is 3.10. The fraction of sp³-hybridized carbons (Fsp3) is 0.0769. The Morgan fingerprint density at radius 2 is 1.95 bits per heavy atom. The van der Waals surface area contributed by atoms with Crippen molar-refractivity contribution in [3.05, 3.63) is 52.0 Å². The Hall–Kier alpha value is -1.77. The molecular weight excluding hydrogens is 326 g/mol. The predicted molar refractivity (Wildman–Crippen MR) is 82.4 cm³/mol. The highest BCUT2D eigenvalue weighted by Gasteiger charge is 2.12. The van der Waals surface area contributed by atoms with Crippen molar-refractivity contribution < 1.29 is 9.90 Å². The van der Waals surface area contributed by atoms with Gasteiger partial charge in [-0.25, -0.2) is 9.78 Å². The summed E-state index contributed by atoms with van der Waals surface area (Å²) in [6.45, 7) is 0. The molecule has 0 saturated carbocycles. The molecule has 0 spiro atoms. The van der Waals surface area contributed by atoms with Crippen molar-refractivity contribution in [2.45, 2.75) is 15.1 Å². The van der Waals surface area contributed by atoms with E-state index in [2.05, 4.69) is 15.2 Å². The predicted octanol–water partition coefficient (Wildman–Crippen LogP) is 3.43. The molecule has 0 radical (unpaired) electrons. The van der Waals surface area contributed by atoms with Crippen molar-refractivity contribution >= 4 is 40.4 Å². The SMILES string of the molecule is O=C(O)c1cnc(Sc2nnc(Cc3ccccc3)s2)s1. The van der Waals surface area contributed by atoms with Gasteiger partial charge in [0, 0.05) is 6.42 Å². The third-order valence-electron chi connectivity index (χ3n) is 2.52. The molecule has 106 valence electrons.